The number of anilines is 1. The zero-order chi connectivity index (χ0) is 16.1. The molecule has 0 fully saturated rings. The van der Waals surface area contributed by atoms with E-state index in [4.69, 9.17) is 23.2 Å². The Hall–Kier alpha value is -1.55. The number of benzene rings is 2. The Morgan fingerprint density at radius 3 is 2.36 bits per heavy atom. The standard InChI is InChI=1S/C17H18Cl2N2O/c1-11-9-15(19)7-8-16(11)21-17(22)10-20-12(2)13-3-5-14(18)6-4-13/h3-9,12,20H,10H2,1-2H3,(H,21,22)/t12-/m0/s1. The smallest absolute Gasteiger partial charge is 0.238 e. The highest BCUT2D eigenvalue weighted by molar-refractivity contribution is 6.31. The van der Waals surface area contributed by atoms with Crippen molar-refractivity contribution in [1.82, 2.24) is 5.32 Å². The first-order valence-corrected chi connectivity index (χ1v) is 7.76. The van der Waals surface area contributed by atoms with Crippen molar-refractivity contribution in [2.45, 2.75) is 19.9 Å². The van der Waals surface area contributed by atoms with Crippen LogP contribution in [-0.2, 0) is 4.79 Å². The summed E-state index contributed by atoms with van der Waals surface area (Å²) in [5.41, 5.74) is 2.79. The monoisotopic (exact) mass is 336 g/mol. The molecule has 0 saturated carbocycles. The Labute approximate surface area is 140 Å². The second-order valence-corrected chi connectivity index (χ2v) is 6.03. The largest absolute Gasteiger partial charge is 0.325 e. The number of aryl methyl sites for hydroxylation is 1. The minimum Gasteiger partial charge on any atom is -0.325 e. The summed E-state index contributed by atoms with van der Waals surface area (Å²) in [6, 6.07) is 13.0. The highest BCUT2D eigenvalue weighted by Gasteiger charge is 2.09. The number of nitrogens with one attached hydrogen (secondary N) is 2. The molecule has 0 bridgehead atoms. The Kier molecular flexibility index (Phi) is 5.83. The molecule has 0 saturated heterocycles. The van der Waals surface area contributed by atoms with Crippen molar-refractivity contribution in [2.75, 3.05) is 11.9 Å². The van der Waals surface area contributed by atoms with E-state index in [2.05, 4.69) is 10.6 Å². The second kappa shape index (κ2) is 7.63. The summed E-state index contributed by atoms with van der Waals surface area (Å²) in [6.07, 6.45) is 0. The molecular formula is C17H18Cl2N2O. The molecule has 0 unspecified atom stereocenters. The predicted octanol–water partition coefficient (Wildman–Crippen LogP) is 4.59. The number of halogens is 2. The van der Waals surface area contributed by atoms with Crippen molar-refractivity contribution in [3.63, 3.8) is 0 Å². The lowest BCUT2D eigenvalue weighted by molar-refractivity contribution is -0.115. The second-order valence-electron chi connectivity index (χ2n) is 5.16. The molecule has 2 rings (SSSR count). The van der Waals surface area contributed by atoms with Gasteiger partial charge in [-0.1, -0.05) is 35.3 Å². The average Bonchev–Trinajstić information content (AvgIpc) is 2.48. The summed E-state index contributed by atoms with van der Waals surface area (Å²) in [6.45, 7) is 4.14. The van der Waals surface area contributed by atoms with Gasteiger partial charge in [-0.3, -0.25) is 4.79 Å². The molecule has 0 aromatic heterocycles. The quantitative estimate of drug-likeness (QED) is 0.838. The zero-order valence-corrected chi connectivity index (χ0v) is 14.0. The molecule has 2 aromatic rings. The summed E-state index contributed by atoms with van der Waals surface area (Å²) >= 11 is 11.8. The third kappa shape index (κ3) is 4.73. The van der Waals surface area contributed by atoms with E-state index < -0.39 is 0 Å². The van der Waals surface area contributed by atoms with Crippen LogP contribution in [0, 0.1) is 6.92 Å². The van der Waals surface area contributed by atoms with Crippen LogP contribution in [0.25, 0.3) is 0 Å². The summed E-state index contributed by atoms with van der Waals surface area (Å²) in [5, 5.41) is 7.42. The van der Waals surface area contributed by atoms with E-state index in [9.17, 15) is 4.79 Å². The van der Waals surface area contributed by atoms with Crippen LogP contribution in [0.1, 0.15) is 24.1 Å². The molecule has 0 spiro atoms. The lowest BCUT2D eigenvalue weighted by Crippen LogP contribution is -2.30. The first-order valence-electron chi connectivity index (χ1n) is 7.00. The van der Waals surface area contributed by atoms with Gasteiger partial charge in [-0.2, -0.15) is 0 Å². The molecule has 0 aliphatic rings. The van der Waals surface area contributed by atoms with Crippen LogP contribution in [0.3, 0.4) is 0 Å². The summed E-state index contributed by atoms with van der Waals surface area (Å²) in [4.78, 5) is 12.0. The van der Waals surface area contributed by atoms with E-state index in [1.54, 1.807) is 12.1 Å². The van der Waals surface area contributed by atoms with E-state index in [-0.39, 0.29) is 18.5 Å². The number of hydrogen-bond acceptors (Lipinski definition) is 2. The van der Waals surface area contributed by atoms with Crippen LogP contribution >= 0.6 is 23.2 Å². The molecule has 0 radical (unpaired) electrons. The van der Waals surface area contributed by atoms with Crippen molar-refractivity contribution in [3.8, 4) is 0 Å². The predicted molar refractivity (Wildman–Crippen MR) is 92.7 cm³/mol. The van der Waals surface area contributed by atoms with Crippen LogP contribution in [-0.4, -0.2) is 12.5 Å². The van der Waals surface area contributed by atoms with Gasteiger partial charge in [-0.15, -0.1) is 0 Å². The van der Waals surface area contributed by atoms with E-state index in [1.165, 1.54) is 0 Å². The molecule has 0 aliphatic heterocycles. The van der Waals surface area contributed by atoms with Gasteiger partial charge in [0.25, 0.3) is 0 Å². The Morgan fingerprint density at radius 2 is 1.73 bits per heavy atom. The Bertz CT molecular complexity index is 656. The van der Waals surface area contributed by atoms with E-state index in [1.807, 2.05) is 44.2 Å². The third-order valence-electron chi connectivity index (χ3n) is 3.40. The topological polar surface area (TPSA) is 41.1 Å². The number of rotatable bonds is 5. The molecule has 1 atom stereocenters. The fourth-order valence-electron chi connectivity index (χ4n) is 2.08. The molecule has 5 heteroatoms. The maximum atomic E-state index is 12.0. The van der Waals surface area contributed by atoms with Crippen LogP contribution in [0.2, 0.25) is 10.0 Å². The molecule has 2 aromatic carbocycles. The van der Waals surface area contributed by atoms with Gasteiger partial charge >= 0.3 is 0 Å². The van der Waals surface area contributed by atoms with E-state index >= 15 is 0 Å². The van der Waals surface area contributed by atoms with Crippen LogP contribution in [0.5, 0.6) is 0 Å². The van der Waals surface area contributed by atoms with E-state index in [0.717, 1.165) is 16.8 Å². The number of carbonyl (C=O) groups is 1. The highest BCUT2D eigenvalue weighted by Crippen LogP contribution is 2.19. The van der Waals surface area contributed by atoms with Crippen LogP contribution < -0.4 is 10.6 Å². The van der Waals surface area contributed by atoms with E-state index in [0.29, 0.717) is 10.0 Å². The van der Waals surface area contributed by atoms with Crippen LogP contribution in [0.4, 0.5) is 5.69 Å². The minimum absolute atomic E-state index is 0.0642. The van der Waals surface area contributed by atoms with Crippen molar-refractivity contribution < 1.29 is 4.79 Å². The maximum Gasteiger partial charge on any atom is 0.238 e. The van der Waals surface area contributed by atoms with Crippen molar-refractivity contribution >= 4 is 34.8 Å². The number of amides is 1. The van der Waals surface area contributed by atoms with Gasteiger partial charge in [0.1, 0.15) is 0 Å². The minimum atomic E-state index is -0.0914. The normalized spacial score (nSPS) is 12.0. The highest BCUT2D eigenvalue weighted by atomic mass is 35.5. The third-order valence-corrected chi connectivity index (χ3v) is 3.89. The molecule has 116 valence electrons. The van der Waals surface area contributed by atoms with Gasteiger partial charge in [0.15, 0.2) is 0 Å². The molecule has 0 aliphatic carbocycles. The molecular weight excluding hydrogens is 319 g/mol. The van der Waals surface area contributed by atoms with Gasteiger partial charge < -0.3 is 10.6 Å². The lowest BCUT2D eigenvalue weighted by Gasteiger charge is -2.15. The van der Waals surface area contributed by atoms with Crippen LogP contribution in [0.15, 0.2) is 42.5 Å². The molecule has 2 N–H and O–H groups in total. The fraction of sp³-hybridized carbons (Fsp3) is 0.235. The molecule has 3 nitrogen and oxygen atoms in total. The molecule has 0 heterocycles. The first kappa shape index (κ1) is 16.8. The van der Waals surface area contributed by atoms with Crippen molar-refractivity contribution in [1.29, 1.82) is 0 Å². The Balaban J connectivity index is 1.88. The Morgan fingerprint density at radius 1 is 1.09 bits per heavy atom. The van der Waals surface area contributed by atoms with Crippen molar-refractivity contribution in [3.05, 3.63) is 63.6 Å². The average molecular weight is 337 g/mol. The lowest BCUT2D eigenvalue weighted by atomic mass is 10.1. The van der Waals surface area contributed by atoms with Gasteiger partial charge in [-0.05, 0) is 55.3 Å². The van der Waals surface area contributed by atoms with Gasteiger partial charge in [-0.25, -0.2) is 0 Å². The van der Waals surface area contributed by atoms with Gasteiger partial charge in [0.2, 0.25) is 5.91 Å². The molecule has 22 heavy (non-hydrogen) atoms. The van der Waals surface area contributed by atoms with Crippen molar-refractivity contribution in [2.24, 2.45) is 0 Å². The fourth-order valence-corrected chi connectivity index (χ4v) is 2.43. The zero-order valence-electron chi connectivity index (χ0n) is 12.5. The molecule has 1 amide bonds. The SMILES string of the molecule is Cc1cc(Cl)ccc1NC(=O)CN[C@@H](C)c1ccc(Cl)cc1. The summed E-state index contributed by atoms with van der Waals surface area (Å²) in [7, 11) is 0. The first-order chi connectivity index (χ1) is 10.5. The van der Waals surface area contributed by atoms with Gasteiger partial charge in [0, 0.05) is 21.8 Å². The maximum absolute atomic E-state index is 12.0. The summed E-state index contributed by atoms with van der Waals surface area (Å²) in [5.74, 6) is -0.0914. The van der Waals surface area contributed by atoms with Gasteiger partial charge in [0.05, 0.1) is 6.54 Å². The number of hydrogen-bond donors (Lipinski definition) is 2. The number of carbonyl (C=O) groups excluding carboxylic acids is 1. The summed E-state index contributed by atoms with van der Waals surface area (Å²) < 4.78 is 0.